The Balaban J connectivity index is 1.90. The number of carbonyl (C=O) groups is 1. The molecule has 9 heteroatoms. The first-order valence-corrected chi connectivity index (χ1v) is 13.9. The minimum atomic E-state index is -3.93. The van der Waals surface area contributed by atoms with Crippen LogP contribution < -0.4 is 14.8 Å². The van der Waals surface area contributed by atoms with Crippen molar-refractivity contribution in [3.8, 4) is 11.5 Å². The van der Waals surface area contributed by atoms with Gasteiger partial charge in [0.1, 0.15) is 11.5 Å². The van der Waals surface area contributed by atoms with Gasteiger partial charge in [0.05, 0.1) is 36.8 Å². The highest BCUT2D eigenvalue weighted by Crippen LogP contribution is 2.22. The molecule has 0 aromatic heterocycles. The molecule has 0 radical (unpaired) electrons. The number of amides is 1. The zero-order valence-corrected chi connectivity index (χ0v) is 23.0. The smallest absolute Gasteiger partial charge is 0.255 e. The second-order valence-corrected chi connectivity index (χ2v) is 11.4. The van der Waals surface area contributed by atoms with Crippen LogP contribution in [0.4, 0.5) is 0 Å². The number of aliphatic hydroxyl groups is 1. The standard InChI is InChI=1S/C29H36N2O6S/c1-21(2)19-31(38(34,35)24-16-14-23(36-3)15-17-24)20-27(32)26(18-22-10-6-5-7-11-22)30-29(33)25-12-8-9-13-28(25)37-4/h5-17,21,26-27,32H,18-20H2,1-4H3,(H,30,33)/t26-,27+/m0/s1. The zero-order valence-electron chi connectivity index (χ0n) is 22.2. The van der Waals surface area contributed by atoms with Gasteiger partial charge in [-0.15, -0.1) is 0 Å². The van der Waals surface area contributed by atoms with E-state index < -0.39 is 28.1 Å². The third kappa shape index (κ3) is 7.56. The van der Waals surface area contributed by atoms with Gasteiger partial charge in [-0.1, -0.05) is 56.3 Å². The van der Waals surface area contributed by atoms with Crippen LogP contribution in [0.1, 0.15) is 29.8 Å². The van der Waals surface area contributed by atoms with Crippen molar-refractivity contribution < 1.29 is 27.8 Å². The van der Waals surface area contributed by atoms with Gasteiger partial charge in [-0.25, -0.2) is 8.42 Å². The van der Waals surface area contributed by atoms with Crippen molar-refractivity contribution in [2.24, 2.45) is 5.92 Å². The van der Waals surface area contributed by atoms with Crippen molar-refractivity contribution in [2.45, 2.75) is 37.3 Å². The fourth-order valence-corrected chi connectivity index (χ4v) is 5.76. The molecule has 0 unspecified atom stereocenters. The van der Waals surface area contributed by atoms with E-state index in [0.717, 1.165) is 5.56 Å². The highest BCUT2D eigenvalue weighted by atomic mass is 32.2. The highest BCUT2D eigenvalue weighted by Gasteiger charge is 2.31. The van der Waals surface area contributed by atoms with E-state index in [1.54, 1.807) is 36.4 Å². The molecule has 3 aromatic carbocycles. The number of aliphatic hydroxyl groups excluding tert-OH is 1. The number of hydrogen-bond acceptors (Lipinski definition) is 6. The summed E-state index contributed by atoms with van der Waals surface area (Å²) >= 11 is 0. The normalized spacial score (nSPS) is 13.2. The molecule has 0 aliphatic carbocycles. The van der Waals surface area contributed by atoms with Crippen LogP contribution >= 0.6 is 0 Å². The van der Waals surface area contributed by atoms with Gasteiger partial charge in [0, 0.05) is 13.1 Å². The molecule has 0 aliphatic rings. The molecule has 3 aromatic rings. The van der Waals surface area contributed by atoms with E-state index >= 15 is 0 Å². The number of ether oxygens (including phenoxy) is 2. The number of rotatable bonds is 13. The number of nitrogens with one attached hydrogen (secondary N) is 1. The summed E-state index contributed by atoms with van der Waals surface area (Å²) in [7, 11) is -0.935. The molecule has 0 spiro atoms. The van der Waals surface area contributed by atoms with Crippen LogP contribution in [-0.4, -0.2) is 63.2 Å². The molecule has 0 saturated carbocycles. The van der Waals surface area contributed by atoms with Crippen molar-refractivity contribution in [3.05, 3.63) is 90.0 Å². The van der Waals surface area contributed by atoms with Gasteiger partial charge in [-0.2, -0.15) is 4.31 Å². The lowest BCUT2D eigenvalue weighted by Gasteiger charge is -2.31. The van der Waals surface area contributed by atoms with E-state index in [1.807, 2.05) is 44.2 Å². The van der Waals surface area contributed by atoms with Gasteiger partial charge in [-0.05, 0) is 54.3 Å². The third-order valence-electron chi connectivity index (χ3n) is 6.09. The topological polar surface area (TPSA) is 105 Å². The Morgan fingerprint density at radius 2 is 1.53 bits per heavy atom. The van der Waals surface area contributed by atoms with Crippen LogP contribution in [-0.2, 0) is 16.4 Å². The van der Waals surface area contributed by atoms with Crippen molar-refractivity contribution in [2.75, 3.05) is 27.3 Å². The monoisotopic (exact) mass is 540 g/mol. The largest absolute Gasteiger partial charge is 0.497 e. The Kier molecular flexibility index (Phi) is 10.3. The zero-order chi connectivity index (χ0) is 27.7. The lowest BCUT2D eigenvalue weighted by molar-refractivity contribution is 0.0773. The predicted molar refractivity (Wildman–Crippen MR) is 147 cm³/mol. The molecular formula is C29H36N2O6S. The number of hydrogen-bond donors (Lipinski definition) is 2. The average Bonchev–Trinajstić information content (AvgIpc) is 2.92. The number of benzene rings is 3. The molecule has 204 valence electrons. The Hall–Kier alpha value is -3.40. The molecule has 0 bridgehead atoms. The summed E-state index contributed by atoms with van der Waals surface area (Å²) in [6.45, 7) is 3.82. The van der Waals surface area contributed by atoms with Gasteiger partial charge in [0.25, 0.3) is 5.91 Å². The van der Waals surface area contributed by atoms with Crippen molar-refractivity contribution in [3.63, 3.8) is 0 Å². The van der Waals surface area contributed by atoms with Gasteiger partial charge in [0.15, 0.2) is 0 Å². The molecular weight excluding hydrogens is 504 g/mol. The molecule has 3 rings (SSSR count). The first-order chi connectivity index (χ1) is 18.1. The van der Waals surface area contributed by atoms with Gasteiger partial charge >= 0.3 is 0 Å². The van der Waals surface area contributed by atoms with E-state index in [1.165, 1.54) is 30.7 Å². The number of carbonyl (C=O) groups excluding carboxylic acids is 1. The van der Waals surface area contributed by atoms with Crippen LogP contribution in [0.25, 0.3) is 0 Å². The predicted octanol–water partition coefficient (Wildman–Crippen LogP) is 3.75. The van der Waals surface area contributed by atoms with E-state index in [9.17, 15) is 18.3 Å². The van der Waals surface area contributed by atoms with Crippen LogP contribution in [0.3, 0.4) is 0 Å². The summed E-state index contributed by atoms with van der Waals surface area (Å²) < 4.78 is 38.9. The molecule has 8 nitrogen and oxygen atoms in total. The lowest BCUT2D eigenvalue weighted by atomic mass is 10.00. The molecule has 2 atom stereocenters. The summed E-state index contributed by atoms with van der Waals surface area (Å²) in [5.41, 5.74) is 1.22. The first kappa shape index (κ1) is 29.2. The van der Waals surface area contributed by atoms with E-state index in [4.69, 9.17) is 9.47 Å². The van der Waals surface area contributed by atoms with E-state index in [0.29, 0.717) is 23.5 Å². The van der Waals surface area contributed by atoms with Crippen molar-refractivity contribution in [1.29, 1.82) is 0 Å². The van der Waals surface area contributed by atoms with Gasteiger partial charge in [0.2, 0.25) is 10.0 Å². The van der Waals surface area contributed by atoms with E-state index in [2.05, 4.69) is 5.32 Å². The van der Waals surface area contributed by atoms with Crippen LogP contribution in [0.2, 0.25) is 0 Å². The molecule has 0 aliphatic heterocycles. The summed E-state index contributed by atoms with van der Waals surface area (Å²) in [5, 5.41) is 14.3. The quantitative estimate of drug-likeness (QED) is 0.342. The van der Waals surface area contributed by atoms with Crippen LogP contribution in [0.5, 0.6) is 11.5 Å². The third-order valence-corrected chi connectivity index (χ3v) is 7.93. The van der Waals surface area contributed by atoms with E-state index in [-0.39, 0.29) is 23.9 Å². The maximum Gasteiger partial charge on any atom is 0.255 e. The Morgan fingerprint density at radius 3 is 2.13 bits per heavy atom. The minimum Gasteiger partial charge on any atom is -0.497 e. The lowest BCUT2D eigenvalue weighted by Crippen LogP contribution is -2.51. The number of methoxy groups -OCH3 is 2. The molecule has 2 N–H and O–H groups in total. The fourth-order valence-electron chi connectivity index (χ4n) is 4.14. The molecule has 0 saturated heterocycles. The minimum absolute atomic E-state index is 0.00553. The molecule has 1 amide bonds. The first-order valence-electron chi connectivity index (χ1n) is 12.5. The highest BCUT2D eigenvalue weighted by molar-refractivity contribution is 7.89. The molecule has 0 heterocycles. The summed E-state index contributed by atoms with van der Waals surface area (Å²) in [6.07, 6.45) is -0.887. The fraction of sp³-hybridized carbons (Fsp3) is 0.345. The SMILES string of the molecule is COc1ccc(S(=O)(=O)N(CC(C)C)C[C@@H](O)[C@H](Cc2ccccc2)NC(=O)c2ccccc2OC)cc1. The van der Waals surface area contributed by atoms with Crippen LogP contribution in [0.15, 0.2) is 83.8 Å². The Bertz CT molecular complexity index is 1280. The Morgan fingerprint density at radius 1 is 0.895 bits per heavy atom. The molecule has 38 heavy (non-hydrogen) atoms. The maximum atomic E-state index is 13.6. The van der Waals surface area contributed by atoms with Gasteiger partial charge in [-0.3, -0.25) is 4.79 Å². The van der Waals surface area contributed by atoms with Crippen molar-refractivity contribution in [1.82, 2.24) is 9.62 Å². The summed E-state index contributed by atoms with van der Waals surface area (Å²) in [5.74, 6) is 0.532. The number of nitrogens with zero attached hydrogens (tertiary/aromatic N) is 1. The number of para-hydroxylation sites is 1. The summed E-state index contributed by atoms with van der Waals surface area (Å²) in [4.78, 5) is 13.3. The summed E-state index contributed by atoms with van der Waals surface area (Å²) in [6, 6.07) is 21.6. The number of sulfonamides is 1. The Labute approximate surface area is 225 Å². The average molecular weight is 541 g/mol. The maximum absolute atomic E-state index is 13.6. The second-order valence-electron chi connectivity index (χ2n) is 9.43. The molecule has 0 fully saturated rings. The van der Waals surface area contributed by atoms with Crippen LogP contribution in [0, 0.1) is 5.92 Å². The second kappa shape index (κ2) is 13.4. The van der Waals surface area contributed by atoms with Gasteiger partial charge < -0.3 is 19.9 Å². The van der Waals surface area contributed by atoms with Crippen molar-refractivity contribution >= 4 is 15.9 Å².